The van der Waals surface area contributed by atoms with E-state index in [1.54, 1.807) is 0 Å². The number of benzene rings is 1. The van der Waals surface area contributed by atoms with Gasteiger partial charge in [0.25, 0.3) is 0 Å². The first-order valence-electron chi connectivity index (χ1n) is 6.66. The van der Waals surface area contributed by atoms with Crippen LogP contribution in [0.15, 0.2) is 23.1 Å². The highest BCUT2D eigenvalue weighted by molar-refractivity contribution is 7.89. The molecule has 23 heavy (non-hydrogen) atoms. The second kappa shape index (κ2) is 6.29. The molecule has 1 aromatic rings. The summed E-state index contributed by atoms with van der Waals surface area (Å²) in [5.41, 5.74) is -1.07. The van der Waals surface area contributed by atoms with Crippen molar-refractivity contribution in [1.29, 1.82) is 0 Å². The lowest BCUT2D eigenvalue weighted by Gasteiger charge is -2.32. The van der Waals surface area contributed by atoms with Crippen molar-refractivity contribution >= 4 is 27.6 Å². The van der Waals surface area contributed by atoms with E-state index in [0.717, 1.165) is 10.4 Å². The molecule has 0 amide bonds. The minimum Gasteiger partial charge on any atom is -0.480 e. The number of hydrogen-bond donors (Lipinski definition) is 1. The van der Waals surface area contributed by atoms with Gasteiger partial charge in [-0.05, 0) is 37.5 Å². The minimum atomic E-state index is -4.65. The third kappa shape index (κ3) is 3.61. The monoisotopic (exact) mass is 371 g/mol. The maximum Gasteiger partial charge on any atom is 0.416 e. The molecule has 1 aliphatic rings. The molecule has 1 saturated heterocycles. The largest absolute Gasteiger partial charge is 0.480 e. The Balaban J connectivity index is 2.45. The van der Waals surface area contributed by atoms with Gasteiger partial charge in [-0.3, -0.25) is 4.79 Å². The minimum absolute atomic E-state index is 0.0172. The Morgan fingerprint density at radius 2 is 1.96 bits per heavy atom. The molecular formula is C13H13ClF3NO4S. The molecule has 1 heterocycles. The molecular weight excluding hydrogens is 359 g/mol. The van der Waals surface area contributed by atoms with Crippen molar-refractivity contribution < 1.29 is 31.5 Å². The number of aliphatic carboxylic acids is 1. The highest BCUT2D eigenvalue weighted by Crippen LogP contribution is 2.35. The maximum atomic E-state index is 12.6. The predicted octanol–water partition coefficient (Wildman–Crippen LogP) is 2.99. The van der Waals surface area contributed by atoms with E-state index < -0.39 is 43.7 Å². The number of piperidine rings is 1. The van der Waals surface area contributed by atoms with Crippen LogP contribution in [0.4, 0.5) is 13.2 Å². The quantitative estimate of drug-likeness (QED) is 0.886. The van der Waals surface area contributed by atoms with Crippen LogP contribution in [0.25, 0.3) is 0 Å². The van der Waals surface area contributed by atoms with Crippen molar-refractivity contribution in [1.82, 2.24) is 4.31 Å². The molecule has 1 N–H and O–H groups in total. The number of nitrogens with zero attached hydrogens (tertiary/aromatic N) is 1. The summed E-state index contributed by atoms with van der Waals surface area (Å²) >= 11 is 5.71. The van der Waals surface area contributed by atoms with Crippen molar-refractivity contribution in [3.63, 3.8) is 0 Å². The van der Waals surface area contributed by atoms with E-state index in [1.807, 2.05) is 0 Å². The lowest BCUT2D eigenvalue weighted by molar-refractivity contribution is -0.142. The van der Waals surface area contributed by atoms with E-state index in [-0.39, 0.29) is 13.0 Å². The Hall–Kier alpha value is -1.32. The fraction of sp³-hybridized carbons (Fsp3) is 0.462. The Bertz CT molecular complexity index is 720. The zero-order valence-corrected chi connectivity index (χ0v) is 13.2. The van der Waals surface area contributed by atoms with Gasteiger partial charge in [0.15, 0.2) is 0 Å². The van der Waals surface area contributed by atoms with Crippen LogP contribution in [-0.4, -0.2) is 36.4 Å². The summed E-state index contributed by atoms with van der Waals surface area (Å²) in [5, 5.41) is 8.56. The summed E-state index contributed by atoms with van der Waals surface area (Å²) in [6.45, 7) is -0.0172. The van der Waals surface area contributed by atoms with Gasteiger partial charge in [0, 0.05) is 6.54 Å². The predicted molar refractivity (Wildman–Crippen MR) is 75.6 cm³/mol. The van der Waals surface area contributed by atoms with Gasteiger partial charge in [0.1, 0.15) is 10.9 Å². The molecule has 0 aliphatic carbocycles. The normalized spacial score (nSPS) is 20.4. The highest BCUT2D eigenvalue weighted by atomic mass is 35.5. The summed E-state index contributed by atoms with van der Waals surface area (Å²) in [6, 6.07) is 0.646. The molecule has 0 aromatic heterocycles. The SMILES string of the molecule is O=C(O)C1CCCCN1S(=O)(=O)c1ccc(C(F)(F)F)cc1Cl. The molecule has 1 atom stereocenters. The second-order valence-electron chi connectivity index (χ2n) is 5.11. The van der Waals surface area contributed by atoms with Gasteiger partial charge in [0.05, 0.1) is 10.6 Å². The number of carbonyl (C=O) groups is 1. The number of sulfonamides is 1. The first-order valence-corrected chi connectivity index (χ1v) is 8.48. The molecule has 1 unspecified atom stereocenters. The lowest BCUT2D eigenvalue weighted by Crippen LogP contribution is -2.47. The van der Waals surface area contributed by atoms with Crippen molar-refractivity contribution in [2.75, 3.05) is 6.54 Å². The number of rotatable bonds is 3. The second-order valence-corrected chi connectivity index (χ2v) is 7.37. The van der Waals surface area contributed by atoms with Crippen LogP contribution in [0, 0.1) is 0 Å². The van der Waals surface area contributed by atoms with Crippen molar-refractivity contribution in [2.24, 2.45) is 0 Å². The van der Waals surface area contributed by atoms with E-state index in [9.17, 15) is 26.4 Å². The standard InChI is InChI=1S/C13H13ClF3NO4S/c14-9-7-8(13(15,16)17)4-5-11(9)23(21,22)18-6-2-1-3-10(18)12(19)20/h4-5,7,10H,1-3,6H2,(H,19,20). The molecule has 0 spiro atoms. The summed E-state index contributed by atoms with van der Waals surface area (Å²) in [6.07, 6.45) is -3.47. The third-order valence-electron chi connectivity index (χ3n) is 3.58. The molecule has 10 heteroatoms. The zero-order chi connectivity index (χ0) is 17.4. The van der Waals surface area contributed by atoms with Crippen LogP contribution < -0.4 is 0 Å². The molecule has 1 fully saturated rings. The first-order chi connectivity index (χ1) is 10.5. The van der Waals surface area contributed by atoms with Crippen LogP contribution in [0.5, 0.6) is 0 Å². The third-order valence-corrected chi connectivity index (χ3v) is 5.98. The number of alkyl halides is 3. The van der Waals surface area contributed by atoms with Gasteiger partial charge in [-0.2, -0.15) is 17.5 Å². The Morgan fingerprint density at radius 3 is 2.48 bits per heavy atom. The zero-order valence-electron chi connectivity index (χ0n) is 11.7. The molecule has 2 rings (SSSR count). The summed E-state index contributed by atoms with van der Waals surface area (Å²) in [5.74, 6) is -1.30. The van der Waals surface area contributed by atoms with E-state index in [0.29, 0.717) is 25.0 Å². The Morgan fingerprint density at radius 1 is 1.30 bits per heavy atom. The number of halogens is 4. The summed E-state index contributed by atoms with van der Waals surface area (Å²) in [4.78, 5) is 10.7. The van der Waals surface area contributed by atoms with Gasteiger partial charge < -0.3 is 5.11 Å². The molecule has 0 bridgehead atoms. The highest BCUT2D eigenvalue weighted by Gasteiger charge is 2.39. The fourth-order valence-electron chi connectivity index (χ4n) is 2.45. The van der Waals surface area contributed by atoms with E-state index in [2.05, 4.69) is 0 Å². The van der Waals surface area contributed by atoms with Gasteiger partial charge >= 0.3 is 12.1 Å². The average Bonchev–Trinajstić information content (AvgIpc) is 2.45. The maximum absolute atomic E-state index is 12.6. The molecule has 128 valence electrons. The number of carboxylic acid groups (broad SMARTS) is 1. The smallest absolute Gasteiger partial charge is 0.416 e. The van der Waals surface area contributed by atoms with Crippen molar-refractivity contribution in [2.45, 2.75) is 36.4 Å². The number of carboxylic acids is 1. The van der Waals surface area contributed by atoms with E-state index >= 15 is 0 Å². The topological polar surface area (TPSA) is 74.7 Å². The molecule has 0 radical (unpaired) electrons. The summed E-state index contributed by atoms with van der Waals surface area (Å²) < 4.78 is 63.8. The molecule has 1 aliphatic heterocycles. The molecule has 5 nitrogen and oxygen atoms in total. The molecule has 1 aromatic carbocycles. The van der Waals surface area contributed by atoms with Gasteiger partial charge in [-0.15, -0.1) is 0 Å². The molecule has 0 saturated carbocycles. The van der Waals surface area contributed by atoms with Crippen LogP contribution >= 0.6 is 11.6 Å². The number of hydrogen-bond acceptors (Lipinski definition) is 3. The average molecular weight is 372 g/mol. The fourth-order valence-corrected chi connectivity index (χ4v) is 4.62. The van der Waals surface area contributed by atoms with Gasteiger partial charge in [-0.1, -0.05) is 11.6 Å². The van der Waals surface area contributed by atoms with E-state index in [4.69, 9.17) is 16.7 Å². The van der Waals surface area contributed by atoms with Crippen LogP contribution in [0.1, 0.15) is 24.8 Å². The first kappa shape index (κ1) is 18.0. The van der Waals surface area contributed by atoms with Crippen LogP contribution in [0.2, 0.25) is 5.02 Å². The van der Waals surface area contributed by atoms with Crippen molar-refractivity contribution in [3.05, 3.63) is 28.8 Å². The van der Waals surface area contributed by atoms with Crippen LogP contribution in [0.3, 0.4) is 0 Å². The Kier molecular flexibility index (Phi) is 4.93. The lowest BCUT2D eigenvalue weighted by atomic mass is 10.1. The van der Waals surface area contributed by atoms with Gasteiger partial charge in [-0.25, -0.2) is 8.42 Å². The Labute approximate surface area is 135 Å². The summed E-state index contributed by atoms with van der Waals surface area (Å²) in [7, 11) is -4.30. The van der Waals surface area contributed by atoms with Crippen LogP contribution in [-0.2, 0) is 21.0 Å². The van der Waals surface area contributed by atoms with Gasteiger partial charge in [0.2, 0.25) is 10.0 Å². The van der Waals surface area contributed by atoms with Crippen molar-refractivity contribution in [3.8, 4) is 0 Å². The van der Waals surface area contributed by atoms with E-state index in [1.165, 1.54) is 0 Å².